The Morgan fingerprint density at radius 1 is 1.06 bits per heavy atom. The van der Waals surface area contributed by atoms with Crippen LogP contribution in [-0.2, 0) is 11.3 Å². The van der Waals surface area contributed by atoms with Gasteiger partial charge >= 0.3 is 0 Å². The number of carbonyl (C=O) groups excluding carboxylic acids is 1. The fourth-order valence-corrected chi connectivity index (χ4v) is 3.41. The minimum absolute atomic E-state index is 0.0933. The van der Waals surface area contributed by atoms with Crippen LogP contribution in [0.1, 0.15) is 16.8 Å². The Morgan fingerprint density at radius 2 is 1.75 bits per heavy atom. The maximum atomic E-state index is 13.2. The van der Waals surface area contributed by atoms with Crippen LogP contribution in [0.3, 0.4) is 0 Å². The molecule has 0 fully saturated rings. The first-order valence-electron chi connectivity index (χ1n) is 9.99. The number of anilines is 1. The zero-order valence-corrected chi connectivity index (χ0v) is 17.8. The highest BCUT2D eigenvalue weighted by Crippen LogP contribution is 2.23. The number of amides is 1. The number of halogens is 1. The van der Waals surface area contributed by atoms with Crippen LogP contribution in [0.5, 0.6) is 0 Å². The van der Waals surface area contributed by atoms with E-state index >= 15 is 0 Å². The molecule has 0 aliphatic carbocycles. The van der Waals surface area contributed by atoms with Gasteiger partial charge < -0.3 is 14.4 Å². The third-order valence-corrected chi connectivity index (χ3v) is 5.08. The van der Waals surface area contributed by atoms with E-state index in [9.17, 15) is 14.0 Å². The second-order valence-corrected chi connectivity index (χ2v) is 7.58. The van der Waals surface area contributed by atoms with Crippen molar-refractivity contribution in [1.82, 2.24) is 14.7 Å². The van der Waals surface area contributed by atoms with Crippen molar-refractivity contribution in [3.05, 3.63) is 87.6 Å². The molecular weight excluding hydrogens is 411 g/mol. The van der Waals surface area contributed by atoms with Crippen LogP contribution < -0.4 is 10.9 Å². The van der Waals surface area contributed by atoms with Crippen molar-refractivity contribution in [2.24, 2.45) is 0 Å². The van der Waals surface area contributed by atoms with Gasteiger partial charge in [-0.25, -0.2) is 4.39 Å². The number of aryl methyl sites for hydroxylation is 3. The van der Waals surface area contributed by atoms with Crippen molar-refractivity contribution in [2.75, 3.05) is 5.32 Å². The summed E-state index contributed by atoms with van der Waals surface area (Å²) >= 11 is 0. The van der Waals surface area contributed by atoms with Crippen molar-refractivity contribution in [1.29, 1.82) is 0 Å². The standard InChI is InChI=1S/C24H21FN4O3/c1-14-4-6-17(7-5-14)22-27-23(32-28-22)21-15(2)12-16(3)29(24(21)31)13-20(30)26-19-10-8-18(25)9-11-19/h4-12H,13H2,1-3H3,(H,26,30). The average Bonchev–Trinajstić information content (AvgIpc) is 3.23. The van der Waals surface area contributed by atoms with Crippen LogP contribution in [0.25, 0.3) is 22.8 Å². The molecule has 0 unspecified atom stereocenters. The van der Waals surface area contributed by atoms with Crippen molar-refractivity contribution in [2.45, 2.75) is 27.3 Å². The Kier molecular flexibility index (Phi) is 5.68. The van der Waals surface area contributed by atoms with Gasteiger partial charge in [0.1, 0.15) is 17.9 Å². The molecule has 1 amide bonds. The van der Waals surface area contributed by atoms with Gasteiger partial charge in [-0.05, 0) is 56.7 Å². The van der Waals surface area contributed by atoms with Gasteiger partial charge in [0.25, 0.3) is 11.4 Å². The number of nitrogens with zero attached hydrogens (tertiary/aromatic N) is 3. The number of nitrogens with one attached hydrogen (secondary N) is 1. The number of hydrogen-bond donors (Lipinski definition) is 1. The second kappa shape index (κ2) is 8.58. The average molecular weight is 432 g/mol. The molecule has 8 heteroatoms. The Bertz CT molecular complexity index is 1340. The van der Waals surface area contributed by atoms with Crippen LogP contribution in [0.2, 0.25) is 0 Å². The van der Waals surface area contributed by atoms with E-state index in [1.165, 1.54) is 28.8 Å². The largest absolute Gasteiger partial charge is 0.333 e. The van der Waals surface area contributed by atoms with Gasteiger partial charge in [-0.2, -0.15) is 4.98 Å². The zero-order chi connectivity index (χ0) is 22.8. The molecule has 1 N–H and O–H groups in total. The lowest BCUT2D eigenvalue weighted by atomic mass is 10.1. The third-order valence-electron chi connectivity index (χ3n) is 5.08. The fourth-order valence-electron chi connectivity index (χ4n) is 3.41. The fraction of sp³-hybridized carbons (Fsp3) is 0.167. The summed E-state index contributed by atoms with van der Waals surface area (Å²) in [6.07, 6.45) is 0. The molecule has 0 atom stereocenters. The normalized spacial score (nSPS) is 10.9. The lowest BCUT2D eigenvalue weighted by molar-refractivity contribution is -0.116. The highest BCUT2D eigenvalue weighted by Gasteiger charge is 2.20. The minimum Gasteiger partial charge on any atom is -0.333 e. The van der Waals surface area contributed by atoms with E-state index in [0.29, 0.717) is 22.8 Å². The van der Waals surface area contributed by atoms with Crippen molar-refractivity contribution in [3.63, 3.8) is 0 Å². The van der Waals surface area contributed by atoms with Crippen molar-refractivity contribution >= 4 is 11.6 Å². The molecule has 4 rings (SSSR count). The number of rotatable bonds is 5. The molecule has 32 heavy (non-hydrogen) atoms. The van der Waals surface area contributed by atoms with E-state index in [-0.39, 0.29) is 18.0 Å². The molecule has 4 aromatic rings. The summed E-state index contributed by atoms with van der Waals surface area (Å²) in [5, 5.41) is 6.67. The Morgan fingerprint density at radius 3 is 2.44 bits per heavy atom. The van der Waals surface area contributed by atoms with Gasteiger partial charge in [-0.3, -0.25) is 9.59 Å². The van der Waals surface area contributed by atoms with Gasteiger partial charge in [0, 0.05) is 16.9 Å². The summed E-state index contributed by atoms with van der Waals surface area (Å²) in [5.74, 6) is -0.346. The smallest absolute Gasteiger partial charge is 0.264 e. The van der Waals surface area contributed by atoms with E-state index in [0.717, 1.165) is 11.1 Å². The number of pyridine rings is 1. The molecule has 0 saturated heterocycles. The van der Waals surface area contributed by atoms with Crippen LogP contribution in [0.4, 0.5) is 10.1 Å². The maximum Gasteiger partial charge on any atom is 0.264 e. The molecule has 0 spiro atoms. The second-order valence-electron chi connectivity index (χ2n) is 7.58. The van der Waals surface area contributed by atoms with Crippen LogP contribution >= 0.6 is 0 Å². The quantitative estimate of drug-likeness (QED) is 0.509. The Hall–Kier alpha value is -4.07. The van der Waals surface area contributed by atoms with E-state index in [4.69, 9.17) is 4.52 Å². The molecule has 2 heterocycles. The van der Waals surface area contributed by atoms with Gasteiger partial charge in [-0.15, -0.1) is 0 Å². The molecule has 0 saturated carbocycles. The van der Waals surface area contributed by atoms with E-state index in [2.05, 4.69) is 15.5 Å². The molecule has 162 valence electrons. The third kappa shape index (κ3) is 4.34. The van der Waals surface area contributed by atoms with Crippen LogP contribution in [0, 0.1) is 26.6 Å². The van der Waals surface area contributed by atoms with Gasteiger partial charge in [0.05, 0.1) is 0 Å². The summed E-state index contributed by atoms with van der Waals surface area (Å²) in [6, 6.07) is 14.8. The highest BCUT2D eigenvalue weighted by molar-refractivity contribution is 5.90. The lowest BCUT2D eigenvalue weighted by Gasteiger charge is -2.13. The summed E-state index contributed by atoms with van der Waals surface area (Å²) in [4.78, 5) is 30.1. The molecular formula is C24H21FN4O3. The lowest BCUT2D eigenvalue weighted by Crippen LogP contribution is -2.30. The van der Waals surface area contributed by atoms with E-state index in [1.807, 2.05) is 31.2 Å². The topological polar surface area (TPSA) is 90.0 Å². The molecule has 0 aliphatic rings. The maximum absolute atomic E-state index is 13.2. The number of hydrogen-bond acceptors (Lipinski definition) is 5. The number of aromatic nitrogens is 3. The Balaban J connectivity index is 1.64. The minimum atomic E-state index is -0.414. The SMILES string of the molecule is Cc1ccc(-c2noc(-c3c(C)cc(C)n(CC(=O)Nc4ccc(F)cc4)c3=O)n2)cc1. The van der Waals surface area contributed by atoms with E-state index < -0.39 is 17.3 Å². The van der Waals surface area contributed by atoms with Gasteiger partial charge in [-0.1, -0.05) is 35.0 Å². The summed E-state index contributed by atoms with van der Waals surface area (Å²) in [5.41, 5.74) is 3.44. The van der Waals surface area contributed by atoms with Crippen LogP contribution in [-0.4, -0.2) is 20.6 Å². The summed E-state index contributed by atoms with van der Waals surface area (Å²) < 4.78 is 19.8. The zero-order valence-electron chi connectivity index (χ0n) is 17.8. The predicted octanol–water partition coefficient (Wildman–Crippen LogP) is 4.27. The number of benzene rings is 2. The van der Waals surface area contributed by atoms with E-state index in [1.54, 1.807) is 19.9 Å². The van der Waals surface area contributed by atoms with Crippen molar-refractivity contribution in [3.8, 4) is 22.8 Å². The number of carbonyl (C=O) groups is 1. The molecule has 7 nitrogen and oxygen atoms in total. The van der Waals surface area contributed by atoms with Gasteiger partial charge in [0.2, 0.25) is 11.7 Å². The highest BCUT2D eigenvalue weighted by atomic mass is 19.1. The summed E-state index contributed by atoms with van der Waals surface area (Å²) in [6.45, 7) is 5.29. The molecule has 0 bridgehead atoms. The Labute approximate surface area is 183 Å². The first-order valence-corrected chi connectivity index (χ1v) is 9.99. The van der Waals surface area contributed by atoms with Crippen molar-refractivity contribution < 1.29 is 13.7 Å². The first-order chi connectivity index (χ1) is 15.3. The predicted molar refractivity (Wildman–Crippen MR) is 119 cm³/mol. The molecule has 2 aromatic carbocycles. The molecule has 0 radical (unpaired) electrons. The van der Waals surface area contributed by atoms with Crippen LogP contribution in [0.15, 0.2) is 63.9 Å². The monoisotopic (exact) mass is 432 g/mol. The molecule has 0 aliphatic heterocycles. The first kappa shape index (κ1) is 21.2. The molecule has 2 aromatic heterocycles. The van der Waals surface area contributed by atoms with Gasteiger partial charge in [0.15, 0.2) is 0 Å². The summed E-state index contributed by atoms with van der Waals surface area (Å²) in [7, 11) is 0.